The van der Waals surface area contributed by atoms with Crippen LogP contribution in [0.1, 0.15) is 28.6 Å². The predicted molar refractivity (Wildman–Crippen MR) is 85.8 cm³/mol. The summed E-state index contributed by atoms with van der Waals surface area (Å²) in [5.74, 6) is -0.770. The zero-order valence-electron chi connectivity index (χ0n) is 12.2. The highest BCUT2D eigenvalue weighted by atomic mass is 32.1. The van der Waals surface area contributed by atoms with E-state index in [1.165, 1.54) is 23.5 Å². The number of carbonyl (C=O) groups is 2. The van der Waals surface area contributed by atoms with Crippen molar-refractivity contribution in [3.8, 4) is 5.75 Å². The summed E-state index contributed by atoms with van der Waals surface area (Å²) in [6.07, 6.45) is 1.07. The molecule has 5 nitrogen and oxygen atoms in total. The van der Waals surface area contributed by atoms with Crippen molar-refractivity contribution in [1.29, 1.82) is 0 Å². The number of hydrogen-bond donors (Lipinski definition) is 2. The third kappa shape index (κ3) is 4.33. The molecule has 22 heavy (non-hydrogen) atoms. The number of aromatic carboxylic acids is 1. The molecule has 116 valence electrons. The Morgan fingerprint density at radius 2 is 2.14 bits per heavy atom. The summed E-state index contributed by atoms with van der Waals surface area (Å²) in [5.41, 5.74) is 0.491. The Bertz CT molecular complexity index is 652. The number of carboxylic acid groups (broad SMARTS) is 1. The van der Waals surface area contributed by atoms with Gasteiger partial charge < -0.3 is 15.2 Å². The van der Waals surface area contributed by atoms with E-state index in [2.05, 4.69) is 5.32 Å². The van der Waals surface area contributed by atoms with E-state index in [0.29, 0.717) is 18.0 Å². The summed E-state index contributed by atoms with van der Waals surface area (Å²) in [5, 5.41) is 13.7. The highest BCUT2D eigenvalue weighted by Crippen LogP contribution is 2.26. The number of anilines is 1. The van der Waals surface area contributed by atoms with Gasteiger partial charge in [-0.25, -0.2) is 4.79 Å². The Morgan fingerprint density at radius 3 is 2.77 bits per heavy atom. The van der Waals surface area contributed by atoms with Crippen LogP contribution in [0.3, 0.4) is 0 Å². The highest BCUT2D eigenvalue weighted by molar-refractivity contribution is 7.10. The second-order valence-electron chi connectivity index (χ2n) is 4.67. The topological polar surface area (TPSA) is 75.6 Å². The molecular formula is C16H17NO4S. The van der Waals surface area contributed by atoms with Gasteiger partial charge in [-0.05, 0) is 36.1 Å². The van der Waals surface area contributed by atoms with Gasteiger partial charge in [-0.1, -0.05) is 13.0 Å². The lowest BCUT2D eigenvalue weighted by Crippen LogP contribution is -2.15. The van der Waals surface area contributed by atoms with E-state index >= 15 is 0 Å². The average molecular weight is 319 g/mol. The molecule has 0 saturated carbocycles. The van der Waals surface area contributed by atoms with Crippen molar-refractivity contribution in [1.82, 2.24) is 0 Å². The van der Waals surface area contributed by atoms with Gasteiger partial charge in [0.2, 0.25) is 5.91 Å². The zero-order valence-corrected chi connectivity index (χ0v) is 13.0. The lowest BCUT2D eigenvalue weighted by atomic mass is 10.2. The first-order chi connectivity index (χ1) is 10.6. The minimum absolute atomic E-state index is 0.107. The number of carboxylic acids is 1. The van der Waals surface area contributed by atoms with Crippen LogP contribution in [-0.2, 0) is 11.2 Å². The van der Waals surface area contributed by atoms with Gasteiger partial charge in [0.05, 0.1) is 24.3 Å². The molecule has 0 unspecified atom stereocenters. The molecule has 0 atom stereocenters. The minimum atomic E-state index is -1.05. The van der Waals surface area contributed by atoms with E-state index in [9.17, 15) is 9.59 Å². The van der Waals surface area contributed by atoms with Crippen molar-refractivity contribution in [2.45, 2.75) is 19.8 Å². The Morgan fingerprint density at radius 1 is 1.32 bits per heavy atom. The van der Waals surface area contributed by atoms with E-state index in [-0.39, 0.29) is 17.9 Å². The van der Waals surface area contributed by atoms with E-state index in [1.54, 1.807) is 6.07 Å². The van der Waals surface area contributed by atoms with Crippen LogP contribution in [0.5, 0.6) is 5.75 Å². The van der Waals surface area contributed by atoms with E-state index < -0.39 is 5.97 Å². The van der Waals surface area contributed by atoms with E-state index in [4.69, 9.17) is 9.84 Å². The molecule has 1 aromatic heterocycles. The third-order valence-electron chi connectivity index (χ3n) is 2.88. The summed E-state index contributed by atoms with van der Waals surface area (Å²) >= 11 is 1.50. The van der Waals surface area contributed by atoms with Gasteiger partial charge in [0.25, 0.3) is 0 Å². The monoisotopic (exact) mass is 319 g/mol. The van der Waals surface area contributed by atoms with Crippen LogP contribution in [0.15, 0.2) is 35.7 Å². The molecule has 0 bridgehead atoms. The summed E-state index contributed by atoms with van der Waals surface area (Å²) in [4.78, 5) is 24.1. The molecule has 0 aliphatic rings. The fourth-order valence-electron chi connectivity index (χ4n) is 1.86. The third-order valence-corrected chi connectivity index (χ3v) is 3.75. The van der Waals surface area contributed by atoms with Gasteiger partial charge in [-0.15, -0.1) is 11.3 Å². The lowest BCUT2D eigenvalue weighted by Gasteiger charge is -2.12. The molecule has 0 aliphatic heterocycles. The van der Waals surface area contributed by atoms with Gasteiger partial charge in [-0.3, -0.25) is 4.79 Å². The lowest BCUT2D eigenvalue weighted by molar-refractivity contribution is -0.115. The van der Waals surface area contributed by atoms with Gasteiger partial charge in [-0.2, -0.15) is 0 Å². The molecular weight excluding hydrogens is 302 g/mol. The summed E-state index contributed by atoms with van der Waals surface area (Å²) in [6.45, 7) is 2.47. The molecule has 6 heteroatoms. The van der Waals surface area contributed by atoms with Gasteiger partial charge in [0.1, 0.15) is 5.75 Å². The first kappa shape index (κ1) is 16.0. The number of thiophene rings is 1. The fourth-order valence-corrected chi connectivity index (χ4v) is 2.57. The minimum Gasteiger partial charge on any atom is -0.491 e. The maximum absolute atomic E-state index is 12.1. The maximum Gasteiger partial charge on any atom is 0.335 e. The molecule has 1 amide bonds. The van der Waals surface area contributed by atoms with Gasteiger partial charge in [0, 0.05) is 4.88 Å². The van der Waals surface area contributed by atoms with Crippen LogP contribution in [0, 0.1) is 0 Å². The Kier molecular flexibility index (Phi) is 5.55. The summed E-state index contributed by atoms with van der Waals surface area (Å²) in [7, 11) is 0. The number of ether oxygens (including phenoxy) is 1. The largest absolute Gasteiger partial charge is 0.491 e. The molecule has 2 N–H and O–H groups in total. The van der Waals surface area contributed by atoms with Crippen LogP contribution < -0.4 is 10.1 Å². The van der Waals surface area contributed by atoms with Crippen molar-refractivity contribution >= 4 is 28.9 Å². The molecule has 0 spiro atoms. The zero-order chi connectivity index (χ0) is 15.9. The van der Waals surface area contributed by atoms with E-state index in [1.807, 2.05) is 24.4 Å². The van der Waals surface area contributed by atoms with E-state index in [0.717, 1.165) is 11.3 Å². The molecule has 0 radical (unpaired) electrons. The summed E-state index contributed by atoms with van der Waals surface area (Å²) in [6, 6.07) is 8.21. The van der Waals surface area contributed by atoms with Crippen LogP contribution in [0.4, 0.5) is 5.69 Å². The molecule has 0 fully saturated rings. The molecule has 1 aromatic carbocycles. The number of nitrogens with one attached hydrogen (secondary N) is 1. The van der Waals surface area contributed by atoms with Crippen molar-refractivity contribution in [3.05, 3.63) is 46.2 Å². The van der Waals surface area contributed by atoms with Crippen molar-refractivity contribution in [2.24, 2.45) is 0 Å². The van der Waals surface area contributed by atoms with Gasteiger partial charge >= 0.3 is 5.97 Å². The summed E-state index contributed by atoms with van der Waals surface area (Å²) < 4.78 is 5.55. The molecule has 2 aromatic rings. The average Bonchev–Trinajstić information content (AvgIpc) is 2.98. The van der Waals surface area contributed by atoms with Gasteiger partial charge in [0.15, 0.2) is 0 Å². The first-order valence-electron chi connectivity index (χ1n) is 6.92. The second kappa shape index (κ2) is 7.61. The molecule has 2 rings (SSSR count). The molecule has 1 heterocycles. The molecule has 0 aliphatic carbocycles. The van der Waals surface area contributed by atoms with Crippen LogP contribution in [0.2, 0.25) is 0 Å². The quantitative estimate of drug-likeness (QED) is 0.820. The second-order valence-corrected chi connectivity index (χ2v) is 5.70. The Labute approximate surface area is 132 Å². The SMILES string of the molecule is CCCOc1ccc(C(=O)O)cc1NC(=O)Cc1cccs1. The number of hydrogen-bond acceptors (Lipinski definition) is 4. The van der Waals surface area contributed by atoms with Crippen molar-refractivity contribution in [2.75, 3.05) is 11.9 Å². The van der Waals surface area contributed by atoms with Crippen molar-refractivity contribution < 1.29 is 19.4 Å². The predicted octanol–water partition coefficient (Wildman–Crippen LogP) is 3.42. The highest BCUT2D eigenvalue weighted by Gasteiger charge is 2.13. The standard InChI is InChI=1S/C16H17NO4S/c1-2-7-21-14-6-5-11(16(19)20)9-13(14)17-15(18)10-12-4-3-8-22-12/h3-6,8-9H,2,7,10H2,1H3,(H,17,18)(H,19,20). The fraction of sp³-hybridized carbons (Fsp3) is 0.250. The maximum atomic E-state index is 12.1. The van der Waals surface area contributed by atoms with Crippen LogP contribution >= 0.6 is 11.3 Å². The number of carbonyl (C=O) groups excluding carboxylic acids is 1. The van der Waals surface area contributed by atoms with Crippen LogP contribution in [0.25, 0.3) is 0 Å². The molecule has 0 saturated heterocycles. The normalized spacial score (nSPS) is 10.2. The Hall–Kier alpha value is -2.34. The number of rotatable bonds is 7. The van der Waals surface area contributed by atoms with Crippen molar-refractivity contribution in [3.63, 3.8) is 0 Å². The smallest absolute Gasteiger partial charge is 0.335 e. The number of benzene rings is 1. The number of amides is 1. The van der Waals surface area contributed by atoms with Crippen LogP contribution in [-0.4, -0.2) is 23.6 Å². The first-order valence-corrected chi connectivity index (χ1v) is 7.80. The Balaban J connectivity index is 2.16.